The van der Waals surface area contributed by atoms with Gasteiger partial charge in [-0.3, -0.25) is 0 Å². The summed E-state index contributed by atoms with van der Waals surface area (Å²) in [6.07, 6.45) is 3.78. The summed E-state index contributed by atoms with van der Waals surface area (Å²) >= 11 is 11.1. The van der Waals surface area contributed by atoms with Crippen molar-refractivity contribution in [3.8, 4) is 0 Å². The molecular formula is C15H21ClN2S. The number of thiocarbonyl (C=S) groups is 1. The molecular weight excluding hydrogens is 276 g/mol. The van der Waals surface area contributed by atoms with Crippen molar-refractivity contribution in [2.45, 2.75) is 39.2 Å². The molecule has 0 saturated heterocycles. The fraction of sp³-hybridized carbons (Fsp3) is 0.533. The van der Waals surface area contributed by atoms with E-state index in [1.54, 1.807) is 0 Å². The second kappa shape index (κ2) is 6.10. The molecule has 0 radical (unpaired) electrons. The van der Waals surface area contributed by atoms with Crippen LogP contribution in [0.3, 0.4) is 0 Å². The molecule has 1 aromatic rings. The topological polar surface area (TPSA) is 38.0 Å². The van der Waals surface area contributed by atoms with E-state index < -0.39 is 0 Å². The third-order valence-electron chi connectivity index (χ3n) is 3.78. The van der Waals surface area contributed by atoms with Crippen LogP contribution in [0, 0.1) is 11.8 Å². The van der Waals surface area contributed by atoms with Crippen molar-refractivity contribution in [3.05, 3.63) is 28.8 Å². The second-order valence-corrected chi connectivity index (χ2v) is 6.66. The number of hydrogen-bond acceptors (Lipinski definition) is 2. The first-order chi connectivity index (χ1) is 8.95. The minimum atomic E-state index is 0.344. The van der Waals surface area contributed by atoms with E-state index in [2.05, 4.69) is 19.2 Å². The third-order valence-corrected chi connectivity index (χ3v) is 4.32. The van der Waals surface area contributed by atoms with E-state index >= 15 is 0 Å². The van der Waals surface area contributed by atoms with E-state index in [9.17, 15) is 0 Å². The first-order valence-electron chi connectivity index (χ1n) is 6.81. The first-order valence-corrected chi connectivity index (χ1v) is 7.60. The van der Waals surface area contributed by atoms with Crippen molar-refractivity contribution in [1.29, 1.82) is 0 Å². The molecule has 2 rings (SSSR count). The molecule has 1 aliphatic carbocycles. The van der Waals surface area contributed by atoms with E-state index in [1.807, 2.05) is 18.2 Å². The molecule has 0 aliphatic heterocycles. The predicted molar refractivity (Wildman–Crippen MR) is 86.9 cm³/mol. The monoisotopic (exact) mass is 296 g/mol. The van der Waals surface area contributed by atoms with Gasteiger partial charge >= 0.3 is 0 Å². The molecule has 2 atom stereocenters. The van der Waals surface area contributed by atoms with Crippen molar-refractivity contribution in [1.82, 2.24) is 0 Å². The molecule has 0 heterocycles. The van der Waals surface area contributed by atoms with Crippen LogP contribution >= 0.6 is 23.8 Å². The normalized spacial score (nSPS) is 27.0. The number of hydrogen-bond donors (Lipinski definition) is 2. The first kappa shape index (κ1) is 14.6. The highest BCUT2D eigenvalue weighted by molar-refractivity contribution is 7.80. The van der Waals surface area contributed by atoms with Gasteiger partial charge in [-0.15, -0.1) is 0 Å². The summed E-state index contributed by atoms with van der Waals surface area (Å²) in [6, 6.07) is 6.35. The van der Waals surface area contributed by atoms with Gasteiger partial charge in [-0.1, -0.05) is 37.7 Å². The predicted octanol–water partition coefficient (Wildman–Crippen LogP) is 4.21. The van der Waals surface area contributed by atoms with Crippen molar-refractivity contribution in [2.24, 2.45) is 17.6 Å². The number of benzene rings is 1. The highest BCUT2D eigenvalue weighted by Crippen LogP contribution is 2.31. The molecule has 1 saturated carbocycles. The van der Waals surface area contributed by atoms with E-state index in [-0.39, 0.29) is 0 Å². The Bertz CT molecular complexity index is 465. The molecule has 4 heteroatoms. The van der Waals surface area contributed by atoms with Crippen LogP contribution in [-0.4, -0.2) is 11.0 Å². The van der Waals surface area contributed by atoms with E-state index in [1.165, 1.54) is 19.3 Å². The minimum Gasteiger partial charge on any atom is -0.389 e. The largest absolute Gasteiger partial charge is 0.389 e. The Morgan fingerprint density at radius 1 is 1.26 bits per heavy atom. The Balaban J connectivity index is 2.07. The maximum Gasteiger partial charge on any atom is 0.105 e. The van der Waals surface area contributed by atoms with Crippen molar-refractivity contribution in [2.75, 3.05) is 5.32 Å². The zero-order valence-corrected chi connectivity index (χ0v) is 13.0. The van der Waals surface area contributed by atoms with Gasteiger partial charge in [0.1, 0.15) is 4.99 Å². The maximum absolute atomic E-state index is 6.19. The van der Waals surface area contributed by atoms with Gasteiger partial charge in [0, 0.05) is 17.3 Å². The summed E-state index contributed by atoms with van der Waals surface area (Å²) in [4.78, 5) is 0.344. The second-order valence-electron chi connectivity index (χ2n) is 5.82. The fourth-order valence-electron chi connectivity index (χ4n) is 3.11. The van der Waals surface area contributed by atoms with Crippen molar-refractivity contribution >= 4 is 34.5 Å². The van der Waals surface area contributed by atoms with Gasteiger partial charge in [-0.05, 0) is 49.3 Å². The molecule has 2 unspecified atom stereocenters. The van der Waals surface area contributed by atoms with Crippen LogP contribution in [0.5, 0.6) is 0 Å². The molecule has 104 valence electrons. The molecule has 2 nitrogen and oxygen atoms in total. The number of rotatable bonds is 3. The Morgan fingerprint density at radius 2 is 1.89 bits per heavy atom. The Kier molecular flexibility index (Phi) is 4.69. The lowest BCUT2D eigenvalue weighted by Crippen LogP contribution is -2.30. The average Bonchev–Trinajstić information content (AvgIpc) is 2.26. The van der Waals surface area contributed by atoms with Gasteiger partial charge in [0.2, 0.25) is 0 Å². The molecule has 1 aromatic carbocycles. The van der Waals surface area contributed by atoms with Gasteiger partial charge < -0.3 is 11.1 Å². The standard InChI is InChI=1S/C15H21ClN2S/c1-9-5-10(2)7-12(6-9)18-11-3-4-13(15(17)19)14(16)8-11/h3-4,8-10,12,18H,5-7H2,1-2H3,(H2,17,19). The van der Waals surface area contributed by atoms with Crippen LogP contribution in [0.4, 0.5) is 5.69 Å². The van der Waals surface area contributed by atoms with E-state index in [0.717, 1.165) is 23.1 Å². The van der Waals surface area contributed by atoms with Crippen LogP contribution in [-0.2, 0) is 0 Å². The Labute approximate surface area is 125 Å². The molecule has 1 fully saturated rings. The highest BCUT2D eigenvalue weighted by Gasteiger charge is 2.23. The van der Waals surface area contributed by atoms with Crippen LogP contribution in [0.25, 0.3) is 0 Å². The number of halogens is 1. The van der Waals surface area contributed by atoms with Crippen molar-refractivity contribution < 1.29 is 0 Å². The molecule has 0 spiro atoms. The average molecular weight is 297 g/mol. The van der Waals surface area contributed by atoms with Gasteiger partial charge in [-0.25, -0.2) is 0 Å². The number of nitrogens with two attached hydrogens (primary N) is 1. The molecule has 0 bridgehead atoms. The summed E-state index contributed by atoms with van der Waals surface area (Å²) in [5.41, 5.74) is 7.41. The molecule has 3 N–H and O–H groups in total. The zero-order chi connectivity index (χ0) is 14.0. The Morgan fingerprint density at radius 3 is 2.42 bits per heavy atom. The molecule has 0 amide bonds. The lowest BCUT2D eigenvalue weighted by Gasteiger charge is -2.32. The van der Waals surface area contributed by atoms with Gasteiger partial charge in [-0.2, -0.15) is 0 Å². The highest BCUT2D eigenvalue weighted by atomic mass is 35.5. The van der Waals surface area contributed by atoms with Crippen LogP contribution < -0.4 is 11.1 Å². The van der Waals surface area contributed by atoms with E-state index in [4.69, 9.17) is 29.6 Å². The smallest absolute Gasteiger partial charge is 0.105 e. The SMILES string of the molecule is CC1CC(C)CC(Nc2ccc(C(N)=S)c(Cl)c2)C1. The summed E-state index contributed by atoms with van der Waals surface area (Å²) in [7, 11) is 0. The van der Waals surface area contributed by atoms with Crippen LogP contribution in [0.2, 0.25) is 5.02 Å². The number of nitrogens with one attached hydrogen (secondary N) is 1. The minimum absolute atomic E-state index is 0.344. The van der Waals surface area contributed by atoms with E-state index in [0.29, 0.717) is 16.1 Å². The van der Waals surface area contributed by atoms with Gasteiger partial charge in [0.05, 0.1) is 5.02 Å². The molecule has 0 aromatic heterocycles. The summed E-state index contributed by atoms with van der Waals surface area (Å²) in [5.74, 6) is 1.57. The lowest BCUT2D eigenvalue weighted by molar-refractivity contribution is 0.281. The third kappa shape index (κ3) is 3.83. The molecule has 19 heavy (non-hydrogen) atoms. The fourth-order valence-corrected chi connectivity index (χ4v) is 3.62. The summed E-state index contributed by atoms with van der Waals surface area (Å²) in [5, 5.41) is 4.20. The van der Waals surface area contributed by atoms with Crippen LogP contribution in [0.15, 0.2) is 18.2 Å². The Hall–Kier alpha value is -0.800. The zero-order valence-electron chi connectivity index (χ0n) is 11.4. The number of anilines is 1. The summed E-state index contributed by atoms with van der Waals surface area (Å²) in [6.45, 7) is 4.65. The quantitative estimate of drug-likeness (QED) is 0.821. The maximum atomic E-state index is 6.19. The van der Waals surface area contributed by atoms with Gasteiger partial charge in [0.25, 0.3) is 0 Å². The summed E-state index contributed by atoms with van der Waals surface area (Å²) < 4.78 is 0. The van der Waals surface area contributed by atoms with Gasteiger partial charge in [0.15, 0.2) is 0 Å². The molecule has 1 aliphatic rings. The van der Waals surface area contributed by atoms with Crippen molar-refractivity contribution in [3.63, 3.8) is 0 Å². The lowest BCUT2D eigenvalue weighted by atomic mass is 9.80. The van der Waals surface area contributed by atoms with Crippen LogP contribution in [0.1, 0.15) is 38.7 Å².